The van der Waals surface area contributed by atoms with Gasteiger partial charge in [-0.05, 0) is 28.8 Å². The van der Waals surface area contributed by atoms with E-state index in [1.165, 1.54) is 0 Å². The maximum Gasteiger partial charge on any atom is 0.223 e. The molecule has 2 rings (SSSR count). The van der Waals surface area contributed by atoms with Crippen molar-refractivity contribution >= 4 is 28.6 Å². The third-order valence-corrected chi connectivity index (χ3v) is 5.00. The fourth-order valence-electron chi connectivity index (χ4n) is 1.84. The van der Waals surface area contributed by atoms with Gasteiger partial charge in [0.2, 0.25) is 5.91 Å². The normalized spacial score (nSPS) is 12.8. The zero-order chi connectivity index (χ0) is 14.5. The van der Waals surface area contributed by atoms with Crippen molar-refractivity contribution in [3.63, 3.8) is 0 Å². The van der Waals surface area contributed by atoms with Gasteiger partial charge >= 0.3 is 0 Å². The fourth-order valence-corrected chi connectivity index (χ4v) is 3.50. The van der Waals surface area contributed by atoms with Gasteiger partial charge in [-0.25, -0.2) is 0 Å². The van der Waals surface area contributed by atoms with Crippen LogP contribution in [-0.4, -0.2) is 17.1 Å². The molecule has 2 heterocycles. The molecular formula is C15H19NO2S2. The summed E-state index contributed by atoms with van der Waals surface area (Å²) in [4.78, 5) is 14.3. The van der Waals surface area contributed by atoms with Crippen molar-refractivity contribution in [3.05, 3.63) is 44.8 Å². The summed E-state index contributed by atoms with van der Waals surface area (Å²) in [5.41, 5.74) is 0. The molecule has 3 nitrogen and oxygen atoms in total. The van der Waals surface area contributed by atoms with Crippen LogP contribution in [0.5, 0.6) is 0 Å². The van der Waals surface area contributed by atoms with Gasteiger partial charge in [-0.2, -0.15) is 0 Å². The molecule has 0 bridgehead atoms. The number of amides is 1. The Balaban J connectivity index is 2.08. The van der Waals surface area contributed by atoms with Gasteiger partial charge in [0.05, 0.1) is 18.6 Å². The number of thiophene rings is 2. The molecule has 0 aliphatic heterocycles. The monoisotopic (exact) mass is 309 g/mol. The van der Waals surface area contributed by atoms with Crippen molar-refractivity contribution in [2.45, 2.75) is 32.4 Å². The molecule has 0 saturated heterocycles. The average Bonchev–Trinajstić information content (AvgIpc) is 3.09. The molecule has 0 aliphatic rings. The highest BCUT2D eigenvalue weighted by Gasteiger charge is 2.21. The number of hydrogen-bond donors (Lipinski definition) is 2. The molecule has 1 atom stereocenters. The highest BCUT2D eigenvalue weighted by Crippen LogP contribution is 2.29. The van der Waals surface area contributed by atoms with E-state index in [2.05, 4.69) is 5.32 Å². The predicted molar refractivity (Wildman–Crippen MR) is 84.1 cm³/mol. The lowest BCUT2D eigenvalue weighted by atomic mass is 10.0. The molecule has 2 aromatic rings. The highest BCUT2D eigenvalue weighted by atomic mass is 32.1. The summed E-state index contributed by atoms with van der Waals surface area (Å²) >= 11 is 3.25. The molecule has 0 radical (unpaired) electrons. The maximum absolute atomic E-state index is 12.1. The molecule has 20 heavy (non-hydrogen) atoms. The fraction of sp³-hybridized carbons (Fsp3) is 0.400. The lowest BCUT2D eigenvalue weighted by Crippen LogP contribution is -2.32. The van der Waals surface area contributed by atoms with Crippen LogP contribution >= 0.6 is 22.7 Å². The van der Waals surface area contributed by atoms with Crippen molar-refractivity contribution in [2.75, 3.05) is 0 Å². The number of carbonyl (C=O) groups is 1. The Morgan fingerprint density at radius 1 is 1.20 bits per heavy atom. The molecule has 0 aliphatic carbocycles. The van der Waals surface area contributed by atoms with E-state index in [-0.39, 0.29) is 24.3 Å². The van der Waals surface area contributed by atoms with Gasteiger partial charge in [-0.1, -0.05) is 26.0 Å². The number of rotatable bonds is 6. The van der Waals surface area contributed by atoms with Gasteiger partial charge in [-0.3, -0.25) is 4.79 Å². The maximum atomic E-state index is 12.1. The second-order valence-corrected chi connectivity index (χ2v) is 7.01. The van der Waals surface area contributed by atoms with Crippen LogP contribution in [0.25, 0.3) is 0 Å². The first-order chi connectivity index (χ1) is 9.58. The number of hydrogen-bond acceptors (Lipinski definition) is 4. The molecule has 0 aromatic carbocycles. The van der Waals surface area contributed by atoms with E-state index >= 15 is 0 Å². The minimum atomic E-state index is -0.595. The third kappa shape index (κ3) is 3.91. The zero-order valence-corrected chi connectivity index (χ0v) is 13.2. The van der Waals surface area contributed by atoms with E-state index in [0.717, 1.165) is 9.75 Å². The Labute approximate surface area is 127 Å². The Morgan fingerprint density at radius 3 is 2.15 bits per heavy atom. The summed E-state index contributed by atoms with van der Waals surface area (Å²) in [6.07, 6.45) is -0.451. The lowest BCUT2D eigenvalue weighted by Gasteiger charge is -2.19. The second kappa shape index (κ2) is 7.02. The van der Waals surface area contributed by atoms with Crippen LogP contribution in [0.3, 0.4) is 0 Å². The smallest absolute Gasteiger partial charge is 0.223 e. The second-order valence-electron chi connectivity index (χ2n) is 5.05. The summed E-state index contributed by atoms with van der Waals surface area (Å²) in [7, 11) is 0. The van der Waals surface area contributed by atoms with E-state index in [1.807, 2.05) is 48.9 Å². The summed E-state index contributed by atoms with van der Waals surface area (Å²) in [6.45, 7) is 3.82. The van der Waals surface area contributed by atoms with Crippen LogP contribution in [-0.2, 0) is 4.79 Å². The van der Waals surface area contributed by atoms with Gasteiger partial charge in [-0.15, -0.1) is 22.7 Å². The van der Waals surface area contributed by atoms with Gasteiger partial charge < -0.3 is 10.4 Å². The Morgan fingerprint density at radius 2 is 1.75 bits per heavy atom. The minimum absolute atomic E-state index is 0.0858. The quantitative estimate of drug-likeness (QED) is 0.859. The highest BCUT2D eigenvalue weighted by molar-refractivity contribution is 7.11. The summed E-state index contributed by atoms with van der Waals surface area (Å²) in [5, 5.41) is 16.9. The van der Waals surface area contributed by atoms with Gasteiger partial charge in [0.15, 0.2) is 0 Å². The molecule has 2 N–H and O–H groups in total. The number of nitrogens with one attached hydrogen (secondary N) is 1. The standard InChI is InChI=1S/C15H19NO2S2/c1-10(2)11(17)9-14(18)16-15(12-5-3-7-19-12)13-6-4-8-20-13/h3-8,10-11,15,17H,9H2,1-2H3,(H,16,18). The Kier molecular flexibility index (Phi) is 5.34. The predicted octanol–water partition coefficient (Wildman–Crippen LogP) is 3.42. The molecule has 0 fully saturated rings. The molecule has 2 aromatic heterocycles. The van der Waals surface area contributed by atoms with Gasteiger partial charge in [0.25, 0.3) is 0 Å². The van der Waals surface area contributed by atoms with Crippen LogP contribution in [0, 0.1) is 5.92 Å². The van der Waals surface area contributed by atoms with Crippen LogP contribution in [0.1, 0.15) is 36.1 Å². The van der Waals surface area contributed by atoms with E-state index in [9.17, 15) is 9.90 Å². The van der Waals surface area contributed by atoms with E-state index in [0.29, 0.717) is 0 Å². The van der Waals surface area contributed by atoms with E-state index in [1.54, 1.807) is 22.7 Å². The topological polar surface area (TPSA) is 49.3 Å². The minimum Gasteiger partial charge on any atom is -0.392 e. The molecule has 0 spiro atoms. The van der Waals surface area contributed by atoms with Gasteiger partial charge in [0, 0.05) is 9.75 Å². The number of aliphatic hydroxyl groups is 1. The summed E-state index contributed by atoms with van der Waals surface area (Å²) in [5.74, 6) is -0.0272. The van der Waals surface area contributed by atoms with Crippen LogP contribution in [0.4, 0.5) is 0 Å². The van der Waals surface area contributed by atoms with Crippen LogP contribution < -0.4 is 5.32 Å². The molecule has 1 unspecified atom stereocenters. The van der Waals surface area contributed by atoms with Crippen molar-refractivity contribution in [1.29, 1.82) is 0 Å². The average molecular weight is 309 g/mol. The molecule has 0 saturated carbocycles. The van der Waals surface area contributed by atoms with E-state index < -0.39 is 6.10 Å². The SMILES string of the molecule is CC(C)C(O)CC(=O)NC(c1cccs1)c1cccs1. The van der Waals surface area contributed by atoms with Crippen LogP contribution in [0.2, 0.25) is 0 Å². The molecule has 1 amide bonds. The molecular weight excluding hydrogens is 290 g/mol. The first-order valence-corrected chi connectivity index (χ1v) is 8.38. The largest absolute Gasteiger partial charge is 0.392 e. The summed E-state index contributed by atoms with van der Waals surface area (Å²) < 4.78 is 0. The number of aliphatic hydroxyl groups excluding tert-OH is 1. The van der Waals surface area contributed by atoms with Crippen LogP contribution in [0.15, 0.2) is 35.0 Å². The number of carbonyl (C=O) groups excluding carboxylic acids is 1. The Hall–Kier alpha value is -1.17. The van der Waals surface area contributed by atoms with E-state index in [4.69, 9.17) is 0 Å². The first-order valence-electron chi connectivity index (χ1n) is 6.62. The molecule has 108 valence electrons. The van der Waals surface area contributed by atoms with Crippen molar-refractivity contribution in [1.82, 2.24) is 5.32 Å². The van der Waals surface area contributed by atoms with Crippen molar-refractivity contribution in [3.8, 4) is 0 Å². The third-order valence-electron chi connectivity index (χ3n) is 3.12. The van der Waals surface area contributed by atoms with Crippen molar-refractivity contribution < 1.29 is 9.90 Å². The first kappa shape index (κ1) is 15.2. The molecule has 5 heteroatoms. The lowest BCUT2D eigenvalue weighted by molar-refractivity contribution is -0.124. The van der Waals surface area contributed by atoms with Gasteiger partial charge in [0.1, 0.15) is 0 Å². The Bertz CT molecular complexity index is 486. The van der Waals surface area contributed by atoms with Crippen molar-refractivity contribution in [2.24, 2.45) is 5.92 Å². The summed E-state index contributed by atoms with van der Waals surface area (Å²) in [6, 6.07) is 7.90. The zero-order valence-electron chi connectivity index (χ0n) is 11.6.